The van der Waals surface area contributed by atoms with Gasteiger partial charge in [-0.05, 0) is 36.9 Å². The van der Waals surface area contributed by atoms with Gasteiger partial charge in [0.15, 0.2) is 14.1 Å². The number of hydrogen-bond acceptors (Lipinski definition) is 3. The molecule has 0 aromatic carbocycles. The summed E-state index contributed by atoms with van der Waals surface area (Å²) in [6.07, 6.45) is 4.97. The third-order valence-corrected chi connectivity index (χ3v) is 11.6. The van der Waals surface area contributed by atoms with E-state index in [4.69, 9.17) is 13.9 Å². The van der Waals surface area contributed by atoms with Gasteiger partial charge in [-0.3, -0.25) is 0 Å². The summed E-state index contributed by atoms with van der Waals surface area (Å²) in [5.41, 5.74) is 1.84. The minimum Gasteiger partial charge on any atom is -0.413 e. The molecule has 4 heteroatoms. The molecule has 0 bridgehead atoms. The Balaban J connectivity index is 2.78. The van der Waals surface area contributed by atoms with Crippen molar-refractivity contribution in [2.75, 3.05) is 6.61 Å². The second kappa shape index (κ2) is 9.16. The van der Waals surface area contributed by atoms with E-state index in [9.17, 15) is 0 Å². The Kier molecular flexibility index (Phi) is 8.45. The molecule has 0 N–H and O–H groups in total. The average molecular weight is 359 g/mol. The monoisotopic (exact) mass is 358 g/mol. The van der Waals surface area contributed by atoms with Gasteiger partial charge < -0.3 is 13.9 Å². The van der Waals surface area contributed by atoms with Crippen molar-refractivity contribution >= 4 is 8.32 Å². The Morgan fingerprint density at radius 1 is 0.958 bits per heavy atom. The zero-order chi connectivity index (χ0) is 18.5. The van der Waals surface area contributed by atoms with Crippen molar-refractivity contribution in [1.29, 1.82) is 0 Å². The van der Waals surface area contributed by atoms with Crippen LogP contribution >= 0.6 is 0 Å². The van der Waals surface area contributed by atoms with Crippen LogP contribution in [0, 0.1) is 0 Å². The highest BCUT2D eigenvalue weighted by Crippen LogP contribution is 2.43. The lowest BCUT2D eigenvalue weighted by Gasteiger charge is -2.45. The van der Waals surface area contributed by atoms with Crippen molar-refractivity contribution in [2.45, 2.75) is 123 Å². The van der Waals surface area contributed by atoms with E-state index < -0.39 is 14.1 Å². The smallest absolute Gasteiger partial charge is 0.200 e. The molecule has 1 heterocycles. The van der Waals surface area contributed by atoms with Crippen LogP contribution < -0.4 is 0 Å². The van der Waals surface area contributed by atoms with Gasteiger partial charge in [0.25, 0.3) is 0 Å². The molecule has 0 aromatic rings. The van der Waals surface area contributed by atoms with Gasteiger partial charge in [-0.15, -0.1) is 0 Å². The van der Waals surface area contributed by atoms with E-state index in [0.717, 1.165) is 19.4 Å². The van der Waals surface area contributed by atoms with E-state index in [1.54, 1.807) is 0 Å². The number of rotatable bonds is 9. The largest absolute Gasteiger partial charge is 0.413 e. The highest BCUT2D eigenvalue weighted by atomic mass is 28.4. The number of ether oxygens (including phenoxy) is 2. The Hall–Kier alpha value is 0.0969. The Labute approximate surface area is 152 Å². The maximum atomic E-state index is 6.76. The van der Waals surface area contributed by atoms with E-state index in [0.29, 0.717) is 22.7 Å². The minimum atomic E-state index is -1.83. The van der Waals surface area contributed by atoms with E-state index in [1.807, 2.05) is 13.8 Å². The van der Waals surface area contributed by atoms with Gasteiger partial charge in [-0.1, -0.05) is 61.3 Å². The molecule has 0 amide bonds. The summed E-state index contributed by atoms with van der Waals surface area (Å²) in [5.74, 6) is -0.498. The molecular formula is C20H42O3Si. The summed E-state index contributed by atoms with van der Waals surface area (Å²) in [5, 5.41) is 0. The molecule has 1 aliphatic rings. The molecule has 1 aliphatic heterocycles. The van der Waals surface area contributed by atoms with Crippen LogP contribution in [0.3, 0.4) is 0 Å². The van der Waals surface area contributed by atoms with E-state index in [2.05, 4.69) is 48.5 Å². The van der Waals surface area contributed by atoms with E-state index in [-0.39, 0.29) is 6.10 Å². The van der Waals surface area contributed by atoms with Crippen LogP contribution in [0.5, 0.6) is 0 Å². The summed E-state index contributed by atoms with van der Waals surface area (Å²) in [6.45, 7) is 21.1. The average Bonchev–Trinajstić information content (AvgIpc) is 2.43. The standard InChI is InChI=1S/C20H42O3Si/c1-10-11-12-18-13-19(23-20(8,9)22-18)14-21-24(15(2)3,16(4)5)17(6)7/h15-19H,10-14H2,1-9H3/t18-,19-/m0/s1. The first-order chi connectivity index (χ1) is 11.0. The van der Waals surface area contributed by atoms with Crippen LogP contribution in [0.15, 0.2) is 0 Å². The molecule has 0 aliphatic carbocycles. The van der Waals surface area contributed by atoms with Gasteiger partial charge in [-0.2, -0.15) is 0 Å². The van der Waals surface area contributed by atoms with Crippen molar-refractivity contribution in [3.05, 3.63) is 0 Å². The fourth-order valence-electron chi connectivity index (χ4n) is 4.67. The first kappa shape index (κ1) is 22.1. The predicted octanol–water partition coefficient (Wildman–Crippen LogP) is 6.28. The third-order valence-electron chi connectivity index (χ3n) is 5.53. The molecule has 144 valence electrons. The van der Waals surface area contributed by atoms with Crippen molar-refractivity contribution < 1.29 is 13.9 Å². The molecule has 1 fully saturated rings. The van der Waals surface area contributed by atoms with Crippen LogP contribution in [0.25, 0.3) is 0 Å². The van der Waals surface area contributed by atoms with E-state index in [1.165, 1.54) is 12.8 Å². The Morgan fingerprint density at radius 2 is 1.46 bits per heavy atom. The van der Waals surface area contributed by atoms with Crippen molar-refractivity contribution in [3.63, 3.8) is 0 Å². The molecule has 0 radical (unpaired) electrons. The highest BCUT2D eigenvalue weighted by molar-refractivity contribution is 6.77. The van der Waals surface area contributed by atoms with Gasteiger partial charge >= 0.3 is 0 Å². The van der Waals surface area contributed by atoms with Crippen molar-refractivity contribution in [2.24, 2.45) is 0 Å². The molecule has 0 spiro atoms. The summed E-state index contributed by atoms with van der Waals surface area (Å²) in [6, 6.07) is 0. The molecule has 3 nitrogen and oxygen atoms in total. The first-order valence-corrected chi connectivity index (χ1v) is 12.2. The summed E-state index contributed by atoms with van der Waals surface area (Å²) >= 11 is 0. The zero-order valence-electron chi connectivity index (χ0n) is 17.6. The van der Waals surface area contributed by atoms with Crippen molar-refractivity contribution in [1.82, 2.24) is 0 Å². The fourth-order valence-corrected chi connectivity index (χ4v) is 10.1. The predicted molar refractivity (Wildman–Crippen MR) is 105 cm³/mol. The lowest BCUT2D eigenvalue weighted by molar-refractivity contribution is -0.304. The first-order valence-electron chi connectivity index (χ1n) is 10.0. The molecule has 2 atom stereocenters. The zero-order valence-corrected chi connectivity index (χ0v) is 18.6. The minimum absolute atomic E-state index is 0.152. The Morgan fingerprint density at radius 3 is 1.92 bits per heavy atom. The number of hydrogen-bond donors (Lipinski definition) is 0. The van der Waals surface area contributed by atoms with Gasteiger partial charge in [0.1, 0.15) is 0 Å². The molecule has 1 saturated heterocycles. The summed E-state index contributed by atoms with van der Waals surface area (Å²) in [7, 11) is -1.83. The van der Waals surface area contributed by atoms with Crippen molar-refractivity contribution in [3.8, 4) is 0 Å². The van der Waals surface area contributed by atoms with Gasteiger partial charge in [0.05, 0.1) is 18.8 Å². The third kappa shape index (κ3) is 5.55. The molecule has 0 saturated carbocycles. The van der Waals surface area contributed by atoms with Gasteiger partial charge in [0, 0.05) is 6.42 Å². The SMILES string of the molecule is CCCC[C@H]1C[C@@H](CO[Si](C(C)C)(C(C)C)C(C)C)OC(C)(C)O1. The summed E-state index contributed by atoms with van der Waals surface area (Å²) in [4.78, 5) is 0. The van der Waals surface area contributed by atoms with Crippen LogP contribution in [0.2, 0.25) is 16.6 Å². The maximum absolute atomic E-state index is 6.76. The molecule has 0 aromatic heterocycles. The Bertz CT molecular complexity index is 344. The molecular weight excluding hydrogens is 316 g/mol. The van der Waals surface area contributed by atoms with Crippen LogP contribution in [-0.4, -0.2) is 32.9 Å². The second-order valence-corrected chi connectivity index (χ2v) is 14.3. The van der Waals surface area contributed by atoms with E-state index >= 15 is 0 Å². The maximum Gasteiger partial charge on any atom is 0.200 e. The molecule has 24 heavy (non-hydrogen) atoms. The number of unbranched alkanes of at least 4 members (excludes halogenated alkanes) is 1. The van der Waals surface area contributed by atoms with Crippen LogP contribution in [0.4, 0.5) is 0 Å². The lowest BCUT2D eigenvalue weighted by atomic mass is 10.0. The lowest BCUT2D eigenvalue weighted by Crippen LogP contribution is -2.52. The quantitative estimate of drug-likeness (QED) is 0.454. The normalized spacial score (nSPS) is 25.0. The highest BCUT2D eigenvalue weighted by Gasteiger charge is 2.46. The topological polar surface area (TPSA) is 27.7 Å². The van der Waals surface area contributed by atoms with Gasteiger partial charge in [-0.25, -0.2) is 0 Å². The second-order valence-electron chi connectivity index (χ2n) is 8.89. The molecule has 0 unspecified atom stereocenters. The van der Waals surface area contributed by atoms with Gasteiger partial charge in [0.2, 0.25) is 0 Å². The van der Waals surface area contributed by atoms with Crippen LogP contribution in [0.1, 0.15) is 88.0 Å². The summed E-state index contributed by atoms with van der Waals surface area (Å²) < 4.78 is 19.1. The fraction of sp³-hybridized carbons (Fsp3) is 1.00. The van der Waals surface area contributed by atoms with Crippen LogP contribution in [-0.2, 0) is 13.9 Å². The molecule has 1 rings (SSSR count).